The minimum Gasteiger partial charge on any atom is -0.497 e. The molecule has 3 aromatic rings. The highest BCUT2D eigenvalue weighted by atomic mass is 16.5. The number of amides is 2. The number of carbonyl (C=O) groups is 2. The van der Waals surface area contributed by atoms with E-state index >= 15 is 0 Å². The predicted molar refractivity (Wildman–Crippen MR) is 111 cm³/mol. The molecule has 1 saturated heterocycles. The molecule has 3 heterocycles. The molecule has 152 valence electrons. The van der Waals surface area contributed by atoms with E-state index in [0.717, 1.165) is 34.7 Å². The van der Waals surface area contributed by atoms with Gasteiger partial charge in [-0.2, -0.15) is 0 Å². The number of hydrogen-bond acceptors (Lipinski definition) is 5. The number of aromatic nitrogens is 1. The first kappa shape index (κ1) is 18.4. The van der Waals surface area contributed by atoms with Gasteiger partial charge in [-0.05, 0) is 54.4 Å². The third kappa shape index (κ3) is 3.12. The summed E-state index contributed by atoms with van der Waals surface area (Å²) in [6.45, 7) is 1.02. The maximum absolute atomic E-state index is 13.2. The summed E-state index contributed by atoms with van der Waals surface area (Å²) in [4.78, 5) is 29.3. The normalized spacial score (nSPS) is 18.0. The van der Waals surface area contributed by atoms with Crippen LogP contribution in [0.5, 0.6) is 5.75 Å². The molecule has 30 heavy (non-hydrogen) atoms. The van der Waals surface area contributed by atoms with Crippen LogP contribution in [-0.4, -0.2) is 37.2 Å². The lowest BCUT2D eigenvalue weighted by atomic mass is 10.1. The van der Waals surface area contributed by atoms with Crippen molar-refractivity contribution in [1.29, 1.82) is 0 Å². The third-order valence-corrected chi connectivity index (χ3v) is 5.82. The summed E-state index contributed by atoms with van der Waals surface area (Å²) in [5.41, 5.74) is 3.75. The van der Waals surface area contributed by atoms with E-state index in [9.17, 15) is 9.59 Å². The lowest BCUT2D eigenvalue weighted by Gasteiger charge is -2.22. The van der Waals surface area contributed by atoms with E-state index in [0.29, 0.717) is 18.8 Å². The zero-order valence-electron chi connectivity index (χ0n) is 16.6. The molecule has 0 aliphatic carbocycles. The molecule has 0 spiro atoms. The Kier molecular flexibility index (Phi) is 4.50. The number of rotatable bonds is 4. The second kappa shape index (κ2) is 7.33. The SMILES string of the molecule is COc1ccc(N2C[C@H](C(=O)N3CCc4cc(-c5ccno5)ccc43)CC2=O)cc1. The maximum atomic E-state index is 13.2. The lowest BCUT2D eigenvalue weighted by Crippen LogP contribution is -2.36. The predicted octanol–water partition coefficient (Wildman–Crippen LogP) is 3.29. The van der Waals surface area contributed by atoms with Gasteiger partial charge in [-0.1, -0.05) is 5.16 Å². The van der Waals surface area contributed by atoms with Gasteiger partial charge >= 0.3 is 0 Å². The van der Waals surface area contributed by atoms with Crippen LogP contribution in [0, 0.1) is 5.92 Å². The molecule has 2 amide bonds. The Morgan fingerprint density at radius 1 is 1.17 bits per heavy atom. The number of nitrogens with zero attached hydrogens (tertiary/aromatic N) is 3. The van der Waals surface area contributed by atoms with Crippen molar-refractivity contribution in [3.8, 4) is 17.1 Å². The van der Waals surface area contributed by atoms with Gasteiger partial charge < -0.3 is 19.1 Å². The van der Waals surface area contributed by atoms with Crippen molar-refractivity contribution < 1.29 is 18.8 Å². The average molecular weight is 403 g/mol. The van der Waals surface area contributed by atoms with Gasteiger partial charge in [0, 0.05) is 42.5 Å². The van der Waals surface area contributed by atoms with Crippen LogP contribution in [0.1, 0.15) is 12.0 Å². The van der Waals surface area contributed by atoms with E-state index in [4.69, 9.17) is 9.26 Å². The number of carbonyl (C=O) groups excluding carboxylic acids is 2. The molecule has 1 aromatic heterocycles. The highest BCUT2D eigenvalue weighted by Gasteiger charge is 2.39. The molecule has 0 radical (unpaired) electrons. The highest BCUT2D eigenvalue weighted by molar-refractivity contribution is 6.05. The fraction of sp³-hybridized carbons (Fsp3) is 0.261. The van der Waals surface area contributed by atoms with Crippen LogP contribution in [0.15, 0.2) is 59.3 Å². The van der Waals surface area contributed by atoms with Crippen molar-refractivity contribution in [1.82, 2.24) is 5.16 Å². The molecule has 2 aliphatic rings. The monoisotopic (exact) mass is 403 g/mol. The van der Waals surface area contributed by atoms with Crippen molar-refractivity contribution in [2.75, 3.05) is 30.0 Å². The van der Waals surface area contributed by atoms with Crippen LogP contribution < -0.4 is 14.5 Å². The van der Waals surface area contributed by atoms with Crippen LogP contribution >= 0.6 is 0 Å². The molecule has 7 heteroatoms. The molecule has 0 N–H and O–H groups in total. The minimum absolute atomic E-state index is 0.00512. The van der Waals surface area contributed by atoms with E-state index in [1.165, 1.54) is 0 Å². The van der Waals surface area contributed by atoms with Gasteiger partial charge in [-0.15, -0.1) is 0 Å². The summed E-state index contributed by atoms with van der Waals surface area (Å²) < 4.78 is 10.4. The van der Waals surface area contributed by atoms with Crippen molar-refractivity contribution >= 4 is 23.2 Å². The molecule has 2 aromatic carbocycles. The van der Waals surface area contributed by atoms with Crippen molar-refractivity contribution in [3.63, 3.8) is 0 Å². The fourth-order valence-electron chi connectivity index (χ4n) is 4.25. The number of anilines is 2. The second-order valence-corrected chi connectivity index (χ2v) is 7.56. The lowest BCUT2D eigenvalue weighted by molar-refractivity contribution is -0.124. The van der Waals surface area contributed by atoms with Crippen LogP contribution in [0.2, 0.25) is 0 Å². The zero-order valence-corrected chi connectivity index (χ0v) is 16.6. The van der Waals surface area contributed by atoms with Crippen LogP contribution in [0.25, 0.3) is 11.3 Å². The summed E-state index contributed by atoms with van der Waals surface area (Å²) >= 11 is 0. The van der Waals surface area contributed by atoms with E-state index < -0.39 is 0 Å². The molecule has 1 atom stereocenters. The molecule has 5 rings (SSSR count). The standard InChI is InChI=1S/C23H21N3O4/c1-29-19-5-3-18(4-6-19)26-14-17(13-22(26)27)23(28)25-11-9-15-12-16(2-7-20(15)25)21-8-10-24-30-21/h2-8,10,12,17H,9,11,13-14H2,1H3/t17-/m1/s1. The number of ether oxygens (including phenoxy) is 1. The van der Waals surface area contributed by atoms with Gasteiger partial charge in [-0.3, -0.25) is 9.59 Å². The van der Waals surface area contributed by atoms with Crippen molar-refractivity contribution in [2.24, 2.45) is 5.92 Å². The number of methoxy groups -OCH3 is 1. The smallest absolute Gasteiger partial charge is 0.232 e. The van der Waals surface area contributed by atoms with Crippen molar-refractivity contribution in [2.45, 2.75) is 12.8 Å². The highest BCUT2D eigenvalue weighted by Crippen LogP contribution is 2.35. The quantitative estimate of drug-likeness (QED) is 0.668. The molecule has 0 saturated carbocycles. The third-order valence-electron chi connectivity index (χ3n) is 5.82. The number of hydrogen-bond donors (Lipinski definition) is 0. The summed E-state index contributed by atoms with van der Waals surface area (Å²) in [6.07, 6.45) is 2.63. The summed E-state index contributed by atoms with van der Waals surface area (Å²) in [5.74, 6) is 1.07. The van der Waals surface area contributed by atoms with Crippen LogP contribution in [0.4, 0.5) is 11.4 Å². The van der Waals surface area contributed by atoms with Crippen molar-refractivity contribution in [3.05, 3.63) is 60.3 Å². The maximum Gasteiger partial charge on any atom is 0.232 e. The summed E-state index contributed by atoms with van der Waals surface area (Å²) in [5, 5.41) is 3.75. The molecular formula is C23H21N3O4. The Balaban J connectivity index is 1.33. The van der Waals surface area contributed by atoms with Gasteiger partial charge in [-0.25, -0.2) is 0 Å². The summed E-state index contributed by atoms with van der Waals surface area (Å²) in [6, 6.07) is 15.1. The molecule has 2 aliphatic heterocycles. The number of benzene rings is 2. The minimum atomic E-state index is -0.348. The first-order valence-electron chi connectivity index (χ1n) is 9.94. The zero-order chi connectivity index (χ0) is 20.7. The number of fused-ring (bicyclic) bond motifs is 1. The molecule has 0 unspecified atom stereocenters. The average Bonchev–Trinajstić information content (AvgIpc) is 3.52. The molecular weight excluding hydrogens is 382 g/mol. The molecule has 1 fully saturated rings. The summed E-state index contributed by atoms with van der Waals surface area (Å²) in [7, 11) is 1.60. The Morgan fingerprint density at radius 2 is 2.00 bits per heavy atom. The van der Waals surface area contributed by atoms with E-state index in [2.05, 4.69) is 5.16 Å². The van der Waals surface area contributed by atoms with E-state index in [-0.39, 0.29) is 24.2 Å². The Morgan fingerprint density at radius 3 is 2.73 bits per heavy atom. The van der Waals surface area contributed by atoms with E-state index in [1.54, 1.807) is 18.2 Å². The van der Waals surface area contributed by atoms with Crippen LogP contribution in [0.3, 0.4) is 0 Å². The largest absolute Gasteiger partial charge is 0.497 e. The fourth-order valence-corrected chi connectivity index (χ4v) is 4.25. The topological polar surface area (TPSA) is 75.9 Å². The first-order chi connectivity index (χ1) is 14.6. The second-order valence-electron chi connectivity index (χ2n) is 7.56. The Labute approximate surface area is 173 Å². The first-order valence-corrected chi connectivity index (χ1v) is 9.94. The Bertz CT molecular complexity index is 1090. The van der Waals surface area contributed by atoms with Gasteiger partial charge in [0.05, 0.1) is 19.2 Å². The van der Waals surface area contributed by atoms with E-state index in [1.807, 2.05) is 53.4 Å². The molecule has 0 bridgehead atoms. The van der Waals surface area contributed by atoms with Gasteiger partial charge in [0.15, 0.2) is 5.76 Å². The Hall–Kier alpha value is -3.61. The van der Waals surface area contributed by atoms with Gasteiger partial charge in [0.25, 0.3) is 0 Å². The van der Waals surface area contributed by atoms with Gasteiger partial charge in [0.1, 0.15) is 5.75 Å². The van der Waals surface area contributed by atoms with Gasteiger partial charge in [0.2, 0.25) is 11.8 Å². The molecule has 7 nitrogen and oxygen atoms in total. The van der Waals surface area contributed by atoms with Crippen LogP contribution in [-0.2, 0) is 16.0 Å².